The molecule has 0 radical (unpaired) electrons. The topological polar surface area (TPSA) is 28.4 Å². The Balaban J connectivity index is 1.27. The first-order valence-electron chi connectivity index (χ1n) is 14.5. The second kappa shape index (κ2) is 9.69. The predicted octanol–water partition coefficient (Wildman–Crippen LogP) is 11.6. The van der Waals surface area contributed by atoms with Gasteiger partial charge in [-0.2, -0.15) is 0 Å². The zero-order chi connectivity index (χ0) is 28.3. The van der Waals surface area contributed by atoms with E-state index in [0.717, 1.165) is 39.3 Å². The molecule has 2 heterocycles. The van der Waals surface area contributed by atoms with Crippen LogP contribution in [0.25, 0.3) is 43.5 Å². The quantitative estimate of drug-likeness (QED) is 0.213. The summed E-state index contributed by atoms with van der Waals surface area (Å²) in [5.74, 6) is 0. The molecule has 8 aromatic rings. The number of furan rings is 1. The summed E-state index contributed by atoms with van der Waals surface area (Å²) in [5.41, 5.74) is 7.58. The average molecular weight is 571 g/mol. The fraction of sp³-hybridized carbons (Fsp3) is 0.0256. The molecule has 43 heavy (non-hydrogen) atoms. The number of fused-ring (bicyclic) bond motifs is 8. The first-order valence-corrected chi connectivity index (χ1v) is 15.4. The van der Waals surface area contributed by atoms with Crippen molar-refractivity contribution in [1.82, 2.24) is 0 Å². The number of para-hydroxylation sites is 1. The van der Waals surface area contributed by atoms with E-state index in [0.29, 0.717) is 0 Å². The van der Waals surface area contributed by atoms with Crippen molar-refractivity contribution < 1.29 is 4.42 Å². The molecular formula is C39H26N2OS. The number of benzene rings is 7. The van der Waals surface area contributed by atoms with E-state index in [4.69, 9.17) is 4.42 Å². The molecule has 1 aromatic heterocycles. The zero-order valence-electron chi connectivity index (χ0n) is 23.2. The Morgan fingerprint density at radius 1 is 0.558 bits per heavy atom. The van der Waals surface area contributed by atoms with Gasteiger partial charge in [-0.3, -0.25) is 0 Å². The Hall–Kier alpha value is -5.19. The van der Waals surface area contributed by atoms with Crippen molar-refractivity contribution in [1.29, 1.82) is 0 Å². The van der Waals surface area contributed by atoms with Gasteiger partial charge >= 0.3 is 0 Å². The molecule has 0 spiro atoms. The minimum absolute atomic E-state index is 0.166. The van der Waals surface area contributed by atoms with E-state index >= 15 is 0 Å². The Bertz CT molecular complexity index is 2310. The molecule has 1 unspecified atom stereocenters. The van der Waals surface area contributed by atoms with Crippen molar-refractivity contribution >= 4 is 78.0 Å². The zero-order valence-corrected chi connectivity index (χ0v) is 24.0. The molecule has 3 nitrogen and oxygen atoms in total. The average Bonchev–Trinajstić information content (AvgIpc) is 3.67. The summed E-state index contributed by atoms with van der Waals surface area (Å²) in [5, 5.41) is 11.1. The van der Waals surface area contributed by atoms with Gasteiger partial charge in [0.15, 0.2) is 0 Å². The SMILES string of the molecule is c1ccc(C2Nc3ccc4oc5ccc(N(c6ccccc6)c6cc7ccccc7c7ccccc67)cc5c4c3S2)cc1. The number of anilines is 4. The molecule has 1 atom stereocenters. The Morgan fingerprint density at radius 3 is 2.09 bits per heavy atom. The van der Waals surface area contributed by atoms with E-state index in [9.17, 15) is 0 Å². The molecule has 1 aliphatic rings. The summed E-state index contributed by atoms with van der Waals surface area (Å²) < 4.78 is 6.43. The van der Waals surface area contributed by atoms with E-state index in [1.54, 1.807) is 0 Å². The molecule has 1 N–H and O–H groups in total. The third-order valence-corrected chi connectivity index (χ3v) is 9.74. The molecule has 0 saturated heterocycles. The van der Waals surface area contributed by atoms with Crippen molar-refractivity contribution in [3.05, 3.63) is 151 Å². The van der Waals surface area contributed by atoms with Crippen LogP contribution in [0.1, 0.15) is 10.9 Å². The van der Waals surface area contributed by atoms with Crippen LogP contribution in [0.15, 0.2) is 155 Å². The summed E-state index contributed by atoms with van der Waals surface area (Å²) in [6, 6.07) is 51.9. The van der Waals surface area contributed by atoms with Crippen LogP contribution in [-0.2, 0) is 0 Å². The van der Waals surface area contributed by atoms with Gasteiger partial charge in [0, 0.05) is 38.1 Å². The molecule has 0 bridgehead atoms. The highest BCUT2D eigenvalue weighted by atomic mass is 32.2. The lowest BCUT2D eigenvalue weighted by Crippen LogP contribution is -2.10. The molecule has 7 aromatic carbocycles. The number of thioether (sulfide) groups is 1. The fourth-order valence-electron chi connectivity index (χ4n) is 6.49. The minimum atomic E-state index is 0.166. The predicted molar refractivity (Wildman–Crippen MR) is 182 cm³/mol. The van der Waals surface area contributed by atoms with Gasteiger partial charge in [0.1, 0.15) is 16.5 Å². The molecule has 1 aliphatic heterocycles. The highest BCUT2D eigenvalue weighted by Crippen LogP contribution is 2.52. The van der Waals surface area contributed by atoms with Crippen molar-refractivity contribution in [3.8, 4) is 0 Å². The van der Waals surface area contributed by atoms with Gasteiger partial charge in [0.05, 0.1) is 5.69 Å². The lowest BCUT2D eigenvalue weighted by molar-refractivity contribution is 0.668. The lowest BCUT2D eigenvalue weighted by atomic mass is 9.99. The van der Waals surface area contributed by atoms with Crippen molar-refractivity contribution in [2.24, 2.45) is 0 Å². The highest BCUT2D eigenvalue weighted by molar-refractivity contribution is 8.00. The van der Waals surface area contributed by atoms with Crippen LogP contribution in [-0.4, -0.2) is 0 Å². The highest BCUT2D eigenvalue weighted by Gasteiger charge is 2.27. The third kappa shape index (κ3) is 3.91. The number of hydrogen-bond acceptors (Lipinski definition) is 4. The summed E-state index contributed by atoms with van der Waals surface area (Å²) in [6.07, 6.45) is 0. The Labute approximate surface area is 253 Å². The Morgan fingerprint density at radius 2 is 1.26 bits per heavy atom. The second-order valence-corrected chi connectivity index (χ2v) is 12.1. The monoisotopic (exact) mass is 570 g/mol. The second-order valence-electron chi connectivity index (χ2n) is 11.0. The Kier molecular flexibility index (Phi) is 5.50. The van der Waals surface area contributed by atoms with Gasteiger partial charge in [-0.1, -0.05) is 109 Å². The maximum Gasteiger partial charge on any atom is 0.136 e. The van der Waals surface area contributed by atoms with Crippen molar-refractivity contribution in [2.75, 3.05) is 10.2 Å². The van der Waals surface area contributed by atoms with E-state index in [1.165, 1.54) is 37.4 Å². The first kappa shape index (κ1) is 24.4. The number of hydrogen-bond donors (Lipinski definition) is 1. The van der Waals surface area contributed by atoms with Crippen LogP contribution in [0, 0.1) is 0 Å². The van der Waals surface area contributed by atoms with E-state index in [-0.39, 0.29) is 5.37 Å². The van der Waals surface area contributed by atoms with Crippen molar-refractivity contribution in [2.45, 2.75) is 10.3 Å². The number of rotatable bonds is 4. The number of nitrogens with zero attached hydrogens (tertiary/aromatic N) is 1. The summed E-state index contributed by atoms with van der Waals surface area (Å²) in [4.78, 5) is 3.62. The van der Waals surface area contributed by atoms with Crippen LogP contribution in [0.4, 0.5) is 22.7 Å². The first-order chi connectivity index (χ1) is 21.3. The van der Waals surface area contributed by atoms with Gasteiger partial charge in [-0.05, 0) is 70.3 Å². The molecule has 0 fully saturated rings. The van der Waals surface area contributed by atoms with E-state index in [1.807, 2.05) is 11.8 Å². The molecular weight excluding hydrogens is 545 g/mol. The number of nitrogens with one attached hydrogen (secondary N) is 1. The van der Waals surface area contributed by atoms with Crippen LogP contribution >= 0.6 is 11.8 Å². The van der Waals surface area contributed by atoms with Gasteiger partial charge in [-0.15, -0.1) is 0 Å². The third-order valence-electron chi connectivity index (χ3n) is 8.46. The van der Waals surface area contributed by atoms with Gasteiger partial charge in [0.2, 0.25) is 0 Å². The van der Waals surface area contributed by atoms with Gasteiger partial charge < -0.3 is 14.6 Å². The van der Waals surface area contributed by atoms with Crippen LogP contribution < -0.4 is 10.2 Å². The van der Waals surface area contributed by atoms with E-state index < -0.39 is 0 Å². The fourth-order valence-corrected chi connectivity index (χ4v) is 7.79. The van der Waals surface area contributed by atoms with Crippen LogP contribution in [0.5, 0.6) is 0 Å². The summed E-state index contributed by atoms with van der Waals surface area (Å²) in [6.45, 7) is 0. The summed E-state index contributed by atoms with van der Waals surface area (Å²) in [7, 11) is 0. The van der Waals surface area contributed by atoms with Crippen molar-refractivity contribution in [3.63, 3.8) is 0 Å². The molecule has 204 valence electrons. The molecule has 0 amide bonds. The maximum atomic E-state index is 6.43. The maximum absolute atomic E-state index is 6.43. The summed E-state index contributed by atoms with van der Waals surface area (Å²) >= 11 is 1.86. The van der Waals surface area contributed by atoms with Gasteiger partial charge in [0.25, 0.3) is 0 Å². The van der Waals surface area contributed by atoms with Gasteiger partial charge in [-0.25, -0.2) is 0 Å². The molecule has 0 saturated carbocycles. The molecule has 9 rings (SSSR count). The molecule has 4 heteroatoms. The van der Waals surface area contributed by atoms with Crippen LogP contribution in [0.3, 0.4) is 0 Å². The van der Waals surface area contributed by atoms with Crippen LogP contribution in [0.2, 0.25) is 0 Å². The van der Waals surface area contributed by atoms with E-state index in [2.05, 4.69) is 156 Å². The normalized spacial score (nSPS) is 14.4. The standard InChI is InChI=1S/C39H26N2OS/c1-3-11-25(12-4-1)39-40-33-20-22-36-37(38(33)43-39)32-24-28(19-21-35(32)42-36)41(27-14-5-2-6-15-27)34-23-26-13-7-8-16-29(26)30-17-9-10-18-31(30)34/h1-24,39-40H. The smallest absolute Gasteiger partial charge is 0.136 e. The molecule has 0 aliphatic carbocycles. The lowest BCUT2D eigenvalue weighted by Gasteiger charge is -2.27. The minimum Gasteiger partial charge on any atom is -0.456 e. The largest absolute Gasteiger partial charge is 0.456 e.